The molecule has 0 atom stereocenters. The number of nitrogens with one attached hydrogen (secondary N) is 1. The van der Waals surface area contributed by atoms with Crippen molar-refractivity contribution in [2.45, 2.75) is 33.1 Å². The number of hydrogen-bond acceptors (Lipinski definition) is 2. The number of nitrogens with zero attached hydrogens (tertiary/aromatic N) is 2. The lowest BCUT2D eigenvalue weighted by Gasteiger charge is -2.23. The van der Waals surface area contributed by atoms with Crippen molar-refractivity contribution in [2.24, 2.45) is 0 Å². The van der Waals surface area contributed by atoms with Gasteiger partial charge >= 0.3 is 6.03 Å². The summed E-state index contributed by atoms with van der Waals surface area (Å²) in [6.45, 7) is 5.50. The summed E-state index contributed by atoms with van der Waals surface area (Å²) in [6, 6.07) is -0.143. The van der Waals surface area contributed by atoms with E-state index in [-0.39, 0.29) is 18.5 Å². The molecule has 17 heavy (non-hydrogen) atoms. The third-order valence-electron chi connectivity index (χ3n) is 2.41. The summed E-state index contributed by atoms with van der Waals surface area (Å²) in [4.78, 5) is 26.4. The third kappa shape index (κ3) is 6.81. The third-order valence-corrected chi connectivity index (χ3v) is 2.41. The van der Waals surface area contributed by atoms with E-state index in [1.807, 2.05) is 6.92 Å². The van der Waals surface area contributed by atoms with E-state index in [0.29, 0.717) is 13.1 Å². The van der Waals surface area contributed by atoms with Crippen LogP contribution in [0.1, 0.15) is 33.1 Å². The summed E-state index contributed by atoms with van der Waals surface area (Å²) in [5.41, 5.74) is 0. The quantitative estimate of drug-likeness (QED) is 0.685. The molecule has 0 aliphatic carbocycles. The van der Waals surface area contributed by atoms with Crippen LogP contribution in [-0.4, -0.2) is 55.5 Å². The molecule has 0 saturated heterocycles. The molecule has 0 unspecified atom stereocenters. The molecule has 1 N–H and O–H groups in total. The van der Waals surface area contributed by atoms with Crippen molar-refractivity contribution >= 4 is 11.9 Å². The van der Waals surface area contributed by atoms with Crippen LogP contribution in [0.25, 0.3) is 0 Å². The van der Waals surface area contributed by atoms with Gasteiger partial charge in [-0.25, -0.2) is 4.79 Å². The van der Waals surface area contributed by atoms with Crippen LogP contribution in [0, 0.1) is 0 Å². The monoisotopic (exact) mass is 243 g/mol. The Morgan fingerprint density at radius 1 is 1.12 bits per heavy atom. The van der Waals surface area contributed by atoms with Gasteiger partial charge in [-0.1, -0.05) is 20.3 Å². The fourth-order valence-corrected chi connectivity index (χ4v) is 1.31. The highest BCUT2D eigenvalue weighted by Crippen LogP contribution is 1.95. The molecule has 0 aromatic carbocycles. The van der Waals surface area contributed by atoms with E-state index in [2.05, 4.69) is 12.2 Å². The van der Waals surface area contributed by atoms with E-state index >= 15 is 0 Å². The van der Waals surface area contributed by atoms with Crippen LogP contribution in [0.3, 0.4) is 0 Å². The standard InChI is InChI=1S/C12H25N3O2/c1-5-7-8-13-12(17)15(9-6-2)10-11(16)14(3)4/h5-10H2,1-4H3,(H,13,17). The first-order chi connectivity index (χ1) is 8.02. The minimum Gasteiger partial charge on any atom is -0.347 e. The molecule has 5 heteroatoms. The molecule has 0 aliphatic heterocycles. The van der Waals surface area contributed by atoms with Crippen molar-refractivity contribution in [3.8, 4) is 0 Å². The van der Waals surface area contributed by atoms with Gasteiger partial charge < -0.3 is 15.1 Å². The first-order valence-electron chi connectivity index (χ1n) is 6.25. The molecule has 0 fully saturated rings. The number of carbonyl (C=O) groups excluding carboxylic acids is 2. The molecule has 0 aromatic rings. The van der Waals surface area contributed by atoms with Gasteiger partial charge in [0.05, 0.1) is 0 Å². The molecule has 0 aromatic heterocycles. The maximum atomic E-state index is 11.8. The molecule has 0 aliphatic rings. The van der Waals surface area contributed by atoms with Gasteiger partial charge in [-0.3, -0.25) is 4.79 Å². The lowest BCUT2D eigenvalue weighted by atomic mass is 10.3. The predicted molar refractivity (Wildman–Crippen MR) is 68.9 cm³/mol. The Bertz CT molecular complexity index is 242. The maximum absolute atomic E-state index is 11.8. The second-order valence-corrected chi connectivity index (χ2v) is 4.30. The topological polar surface area (TPSA) is 52.7 Å². The highest BCUT2D eigenvalue weighted by molar-refractivity contribution is 5.83. The summed E-state index contributed by atoms with van der Waals surface area (Å²) in [5, 5.41) is 2.83. The number of hydrogen-bond donors (Lipinski definition) is 1. The van der Waals surface area contributed by atoms with Crippen LogP contribution in [-0.2, 0) is 4.79 Å². The van der Waals surface area contributed by atoms with Gasteiger partial charge in [-0.05, 0) is 12.8 Å². The molecule has 0 heterocycles. The summed E-state index contributed by atoms with van der Waals surface area (Å²) < 4.78 is 0. The minimum absolute atomic E-state index is 0.0518. The van der Waals surface area contributed by atoms with Crippen LogP contribution in [0.2, 0.25) is 0 Å². The van der Waals surface area contributed by atoms with Crippen LogP contribution in [0.5, 0.6) is 0 Å². The number of unbranched alkanes of at least 4 members (excludes halogenated alkanes) is 1. The fourth-order valence-electron chi connectivity index (χ4n) is 1.31. The SMILES string of the molecule is CCCCNC(=O)N(CCC)CC(=O)N(C)C. The van der Waals surface area contributed by atoms with Gasteiger partial charge in [0, 0.05) is 27.2 Å². The van der Waals surface area contributed by atoms with Crippen molar-refractivity contribution in [1.29, 1.82) is 0 Å². The van der Waals surface area contributed by atoms with E-state index in [1.54, 1.807) is 19.0 Å². The molecule has 0 rings (SSSR count). The predicted octanol–water partition coefficient (Wildman–Crippen LogP) is 1.30. The zero-order chi connectivity index (χ0) is 13.3. The van der Waals surface area contributed by atoms with E-state index in [1.165, 1.54) is 4.90 Å². The lowest BCUT2D eigenvalue weighted by Crippen LogP contribution is -2.45. The summed E-state index contributed by atoms with van der Waals surface area (Å²) in [7, 11) is 3.39. The van der Waals surface area contributed by atoms with Crippen molar-refractivity contribution in [3.05, 3.63) is 0 Å². The molecule has 0 saturated carbocycles. The Labute approximate surface area is 104 Å². The van der Waals surface area contributed by atoms with E-state index in [4.69, 9.17) is 0 Å². The fraction of sp³-hybridized carbons (Fsp3) is 0.833. The van der Waals surface area contributed by atoms with Crippen LogP contribution >= 0.6 is 0 Å². The van der Waals surface area contributed by atoms with Crippen molar-refractivity contribution in [3.63, 3.8) is 0 Å². The second-order valence-electron chi connectivity index (χ2n) is 4.30. The summed E-state index contributed by atoms with van der Waals surface area (Å²) in [5.74, 6) is -0.0518. The Kier molecular flexibility index (Phi) is 8.19. The second kappa shape index (κ2) is 8.84. The number of likely N-dealkylation sites (N-methyl/N-ethyl adjacent to an activating group) is 1. The maximum Gasteiger partial charge on any atom is 0.317 e. The van der Waals surface area contributed by atoms with Crippen molar-refractivity contribution in [2.75, 3.05) is 33.7 Å². The van der Waals surface area contributed by atoms with Gasteiger partial charge in [0.2, 0.25) is 5.91 Å². The van der Waals surface area contributed by atoms with Crippen molar-refractivity contribution in [1.82, 2.24) is 15.1 Å². The Morgan fingerprint density at radius 3 is 2.24 bits per heavy atom. The molecule has 5 nitrogen and oxygen atoms in total. The number of carbonyl (C=O) groups is 2. The molecule has 100 valence electrons. The van der Waals surface area contributed by atoms with Crippen molar-refractivity contribution < 1.29 is 9.59 Å². The van der Waals surface area contributed by atoms with E-state index in [0.717, 1.165) is 19.3 Å². The normalized spacial score (nSPS) is 9.88. The number of rotatable bonds is 7. The summed E-state index contributed by atoms with van der Waals surface area (Å²) >= 11 is 0. The van der Waals surface area contributed by atoms with Crippen LogP contribution < -0.4 is 5.32 Å². The Hall–Kier alpha value is -1.26. The highest BCUT2D eigenvalue weighted by Gasteiger charge is 2.16. The van der Waals surface area contributed by atoms with Gasteiger partial charge in [0.25, 0.3) is 0 Å². The van der Waals surface area contributed by atoms with Gasteiger partial charge in [0.15, 0.2) is 0 Å². The first kappa shape index (κ1) is 15.7. The summed E-state index contributed by atoms with van der Waals surface area (Å²) in [6.07, 6.45) is 2.86. The zero-order valence-corrected chi connectivity index (χ0v) is 11.5. The smallest absolute Gasteiger partial charge is 0.317 e. The minimum atomic E-state index is -0.143. The largest absolute Gasteiger partial charge is 0.347 e. The van der Waals surface area contributed by atoms with E-state index < -0.39 is 0 Å². The number of amides is 3. The average molecular weight is 243 g/mol. The zero-order valence-electron chi connectivity index (χ0n) is 11.5. The molecule has 0 radical (unpaired) electrons. The van der Waals surface area contributed by atoms with Gasteiger partial charge in [-0.2, -0.15) is 0 Å². The van der Waals surface area contributed by atoms with E-state index in [9.17, 15) is 9.59 Å². The van der Waals surface area contributed by atoms with Gasteiger partial charge in [0.1, 0.15) is 6.54 Å². The van der Waals surface area contributed by atoms with Gasteiger partial charge in [-0.15, -0.1) is 0 Å². The van der Waals surface area contributed by atoms with Crippen LogP contribution in [0.4, 0.5) is 4.79 Å². The number of urea groups is 1. The Morgan fingerprint density at radius 2 is 1.76 bits per heavy atom. The average Bonchev–Trinajstić information content (AvgIpc) is 2.28. The molecule has 0 spiro atoms. The molecular formula is C12H25N3O2. The lowest BCUT2D eigenvalue weighted by molar-refractivity contribution is -0.129. The Balaban J connectivity index is 4.20. The molecular weight excluding hydrogens is 218 g/mol. The molecule has 0 bridgehead atoms. The first-order valence-corrected chi connectivity index (χ1v) is 6.25. The van der Waals surface area contributed by atoms with Crippen LogP contribution in [0.15, 0.2) is 0 Å². The highest BCUT2D eigenvalue weighted by atomic mass is 16.2. The molecule has 3 amide bonds.